The van der Waals surface area contributed by atoms with Crippen LogP contribution in [0.3, 0.4) is 0 Å². The molecule has 0 saturated heterocycles. The first-order valence-electron chi connectivity index (χ1n) is 8.45. The van der Waals surface area contributed by atoms with E-state index in [0.29, 0.717) is 11.4 Å². The van der Waals surface area contributed by atoms with Gasteiger partial charge in [0.1, 0.15) is 5.56 Å². The highest BCUT2D eigenvalue weighted by atomic mass is 32.2. The molecule has 3 aromatic heterocycles. The Bertz CT molecular complexity index is 1190. The van der Waals surface area contributed by atoms with Crippen LogP contribution in [0.5, 0.6) is 0 Å². The fraction of sp³-hybridized carbons (Fsp3) is 0.176. The molecule has 0 aliphatic carbocycles. The number of carbonyl (C=O) groups is 2. The van der Waals surface area contributed by atoms with Crippen LogP contribution in [0.4, 0.5) is 10.7 Å². The Hall–Kier alpha value is -3.87. The van der Waals surface area contributed by atoms with Gasteiger partial charge in [0.25, 0.3) is 10.0 Å². The van der Waals surface area contributed by atoms with Crippen molar-refractivity contribution in [2.24, 2.45) is 0 Å². The first-order valence-corrected chi connectivity index (χ1v) is 9.93. The maximum atomic E-state index is 12.7. The monoisotopic (exact) mass is 431 g/mol. The van der Waals surface area contributed by atoms with Crippen LogP contribution in [0, 0.1) is 13.8 Å². The van der Waals surface area contributed by atoms with E-state index in [-0.39, 0.29) is 17.3 Å². The van der Waals surface area contributed by atoms with E-state index in [0.717, 1.165) is 18.0 Å². The summed E-state index contributed by atoms with van der Waals surface area (Å²) >= 11 is 0. The van der Waals surface area contributed by atoms with Crippen LogP contribution in [0.2, 0.25) is 0 Å². The summed E-state index contributed by atoms with van der Waals surface area (Å²) in [4.78, 5) is 36.3. The van der Waals surface area contributed by atoms with Gasteiger partial charge in [-0.15, -0.1) is 0 Å². The molecule has 3 rings (SSSR count). The van der Waals surface area contributed by atoms with Crippen LogP contribution in [-0.2, 0) is 14.8 Å². The van der Waals surface area contributed by atoms with E-state index in [2.05, 4.69) is 30.1 Å². The van der Waals surface area contributed by atoms with Crippen molar-refractivity contribution in [1.82, 2.24) is 29.5 Å². The van der Waals surface area contributed by atoms with Crippen molar-refractivity contribution >= 4 is 28.0 Å². The van der Waals surface area contributed by atoms with Crippen molar-refractivity contribution < 1.29 is 22.7 Å². The second-order valence-electron chi connectivity index (χ2n) is 6.01. The maximum Gasteiger partial charge on any atom is 0.342 e. The number of ether oxygens (including phenoxy) is 1. The number of methoxy groups -OCH3 is 1. The number of urea groups is 1. The number of nitrogens with one attached hydrogen (secondary N) is 2. The third-order valence-electron chi connectivity index (χ3n) is 3.66. The Morgan fingerprint density at radius 2 is 1.83 bits per heavy atom. The van der Waals surface area contributed by atoms with Gasteiger partial charge in [0, 0.05) is 23.8 Å². The zero-order valence-corrected chi connectivity index (χ0v) is 17.0. The van der Waals surface area contributed by atoms with Gasteiger partial charge < -0.3 is 4.74 Å². The van der Waals surface area contributed by atoms with Gasteiger partial charge in [-0.05, 0) is 32.0 Å². The molecule has 0 spiro atoms. The summed E-state index contributed by atoms with van der Waals surface area (Å²) in [6.07, 6.45) is 2.62. The van der Waals surface area contributed by atoms with E-state index in [1.165, 1.54) is 6.20 Å². The number of pyridine rings is 1. The predicted octanol–water partition coefficient (Wildman–Crippen LogP) is 0.971. The Kier molecular flexibility index (Phi) is 5.73. The largest absolute Gasteiger partial charge is 0.465 e. The maximum absolute atomic E-state index is 12.7. The predicted molar refractivity (Wildman–Crippen MR) is 104 cm³/mol. The number of esters is 1. The molecule has 3 aromatic rings. The topological polar surface area (TPSA) is 158 Å². The Balaban J connectivity index is 1.91. The highest BCUT2D eigenvalue weighted by Gasteiger charge is 2.30. The molecule has 2 N–H and O–H groups in total. The van der Waals surface area contributed by atoms with E-state index in [1.807, 2.05) is 0 Å². The molecule has 13 heteroatoms. The SMILES string of the molecule is COC(=O)c1cn(-c2ccccn2)nc1S(=O)(=O)NC(=O)Nc1nc(C)cc(C)n1. The third-order valence-corrected chi connectivity index (χ3v) is 4.92. The first kappa shape index (κ1) is 20.9. The van der Waals surface area contributed by atoms with Gasteiger partial charge in [-0.2, -0.15) is 13.5 Å². The minimum absolute atomic E-state index is 0.0765. The molecule has 0 bridgehead atoms. The highest BCUT2D eigenvalue weighted by Crippen LogP contribution is 2.17. The summed E-state index contributed by atoms with van der Waals surface area (Å²) in [7, 11) is -3.46. The summed E-state index contributed by atoms with van der Waals surface area (Å²) in [6.45, 7) is 3.39. The molecule has 0 unspecified atom stereocenters. The van der Waals surface area contributed by atoms with Crippen LogP contribution in [0.15, 0.2) is 41.7 Å². The minimum Gasteiger partial charge on any atom is -0.465 e. The van der Waals surface area contributed by atoms with Gasteiger partial charge >= 0.3 is 12.0 Å². The molecule has 3 heterocycles. The molecule has 0 aromatic carbocycles. The third kappa shape index (κ3) is 4.57. The Morgan fingerprint density at radius 1 is 1.13 bits per heavy atom. The molecule has 0 fully saturated rings. The van der Waals surface area contributed by atoms with Crippen LogP contribution >= 0.6 is 0 Å². The average Bonchev–Trinajstić information content (AvgIpc) is 3.13. The normalized spacial score (nSPS) is 11.0. The van der Waals surface area contributed by atoms with Crippen LogP contribution in [0.25, 0.3) is 5.82 Å². The summed E-state index contributed by atoms with van der Waals surface area (Å²) in [5, 5.41) is 5.44. The van der Waals surface area contributed by atoms with E-state index in [4.69, 9.17) is 0 Å². The van der Waals surface area contributed by atoms with Crippen molar-refractivity contribution in [3.63, 3.8) is 0 Å². The van der Waals surface area contributed by atoms with Crippen LogP contribution in [0.1, 0.15) is 21.7 Å². The molecule has 0 saturated carbocycles. The number of sulfonamides is 1. The summed E-state index contributed by atoms with van der Waals surface area (Å²) in [5.74, 6) is -0.764. The number of hydrogen-bond acceptors (Lipinski definition) is 9. The summed E-state index contributed by atoms with van der Waals surface area (Å²) < 4.78 is 33.0. The van der Waals surface area contributed by atoms with Crippen molar-refractivity contribution in [1.29, 1.82) is 0 Å². The number of rotatable bonds is 5. The lowest BCUT2D eigenvalue weighted by Crippen LogP contribution is -2.36. The second kappa shape index (κ2) is 8.24. The number of amides is 2. The second-order valence-corrected chi connectivity index (χ2v) is 7.60. The number of aromatic nitrogens is 5. The fourth-order valence-corrected chi connectivity index (χ4v) is 3.51. The van der Waals surface area contributed by atoms with E-state index in [9.17, 15) is 18.0 Å². The molecule has 12 nitrogen and oxygen atoms in total. The zero-order valence-electron chi connectivity index (χ0n) is 16.1. The van der Waals surface area contributed by atoms with E-state index >= 15 is 0 Å². The van der Waals surface area contributed by atoms with Gasteiger partial charge in [0.15, 0.2) is 5.82 Å². The lowest BCUT2D eigenvalue weighted by molar-refractivity contribution is 0.0596. The van der Waals surface area contributed by atoms with Gasteiger partial charge in [-0.25, -0.2) is 33.9 Å². The highest BCUT2D eigenvalue weighted by molar-refractivity contribution is 7.90. The standard InChI is InChI=1S/C17H17N7O5S/c1-10-8-11(2)20-16(19-10)21-17(26)23-30(27,28)14-12(15(25)29-3)9-24(22-14)13-6-4-5-7-18-13/h4-9H,1-3H3,(H2,19,20,21,23,26). The molecule has 156 valence electrons. The van der Waals surface area contributed by atoms with Crippen molar-refractivity contribution in [3.8, 4) is 5.82 Å². The molecule has 0 atom stereocenters. The molecule has 0 aliphatic heterocycles. The molecular weight excluding hydrogens is 414 g/mol. The zero-order chi connectivity index (χ0) is 21.9. The van der Waals surface area contributed by atoms with E-state index in [1.54, 1.807) is 42.8 Å². The van der Waals surface area contributed by atoms with Crippen molar-refractivity contribution in [2.75, 3.05) is 12.4 Å². The smallest absolute Gasteiger partial charge is 0.342 e. The number of nitrogens with zero attached hydrogens (tertiary/aromatic N) is 5. The van der Waals surface area contributed by atoms with Crippen molar-refractivity contribution in [2.45, 2.75) is 18.9 Å². The van der Waals surface area contributed by atoms with Gasteiger partial charge in [0.05, 0.1) is 7.11 Å². The lowest BCUT2D eigenvalue weighted by atomic mass is 10.4. The van der Waals surface area contributed by atoms with Crippen molar-refractivity contribution in [3.05, 3.63) is 53.6 Å². The quantitative estimate of drug-likeness (QED) is 0.561. The first-order chi connectivity index (χ1) is 14.2. The molecule has 0 radical (unpaired) electrons. The molecule has 30 heavy (non-hydrogen) atoms. The number of aryl methyl sites for hydroxylation is 2. The summed E-state index contributed by atoms with van der Waals surface area (Å²) in [5.41, 5.74) is 0.802. The molecule has 0 aliphatic rings. The number of carbonyl (C=O) groups excluding carboxylic acids is 2. The van der Waals surface area contributed by atoms with Gasteiger partial charge in [-0.3, -0.25) is 5.32 Å². The van der Waals surface area contributed by atoms with Crippen LogP contribution in [-0.4, -0.2) is 52.3 Å². The van der Waals surface area contributed by atoms with Gasteiger partial charge in [-0.1, -0.05) is 6.07 Å². The number of anilines is 1. The Labute approximate surface area is 171 Å². The average molecular weight is 431 g/mol. The Morgan fingerprint density at radius 3 is 2.43 bits per heavy atom. The van der Waals surface area contributed by atoms with E-state index < -0.39 is 27.0 Å². The lowest BCUT2D eigenvalue weighted by Gasteiger charge is -2.08. The molecular formula is C17H17N7O5S. The fourth-order valence-electron chi connectivity index (χ4n) is 2.49. The number of hydrogen-bond donors (Lipinski definition) is 2. The molecule has 2 amide bonds. The summed E-state index contributed by atoms with van der Waals surface area (Å²) in [6, 6.07) is 5.44. The van der Waals surface area contributed by atoms with Gasteiger partial charge in [0.2, 0.25) is 11.0 Å². The minimum atomic E-state index is -4.55. The van der Waals surface area contributed by atoms with Crippen LogP contribution < -0.4 is 10.0 Å².